The number of likely N-dealkylation sites (tertiary alicyclic amines) is 1. The number of ether oxygens (including phenoxy) is 1. The Hall–Kier alpha value is -3.77. The van der Waals surface area contributed by atoms with E-state index in [2.05, 4.69) is 15.3 Å². The van der Waals surface area contributed by atoms with Crippen molar-refractivity contribution in [1.29, 1.82) is 0 Å². The Morgan fingerprint density at radius 3 is 2.53 bits per heavy atom. The van der Waals surface area contributed by atoms with Crippen LogP contribution in [0.3, 0.4) is 0 Å². The molecular formula is C27H27F2N5O2. The Morgan fingerprint density at radius 1 is 1.14 bits per heavy atom. The Balaban J connectivity index is 1.44. The average molecular weight is 492 g/mol. The van der Waals surface area contributed by atoms with Gasteiger partial charge in [0, 0.05) is 37.0 Å². The summed E-state index contributed by atoms with van der Waals surface area (Å²) in [6, 6.07) is 8.77. The van der Waals surface area contributed by atoms with Gasteiger partial charge in [0.05, 0.1) is 13.7 Å². The second-order valence-electron chi connectivity index (χ2n) is 9.52. The summed E-state index contributed by atoms with van der Waals surface area (Å²) in [6.45, 7) is 10.6. The van der Waals surface area contributed by atoms with E-state index >= 15 is 0 Å². The van der Waals surface area contributed by atoms with E-state index in [0.29, 0.717) is 40.9 Å². The number of piperidine rings is 1. The highest BCUT2D eigenvalue weighted by Crippen LogP contribution is 2.37. The Kier molecular flexibility index (Phi) is 6.46. The van der Waals surface area contributed by atoms with Gasteiger partial charge in [0.2, 0.25) is 11.6 Å². The van der Waals surface area contributed by atoms with Crippen molar-refractivity contribution in [2.75, 3.05) is 33.3 Å². The highest BCUT2D eigenvalue weighted by molar-refractivity contribution is 5.82. The van der Waals surface area contributed by atoms with Crippen LogP contribution >= 0.6 is 0 Å². The van der Waals surface area contributed by atoms with Gasteiger partial charge in [-0.25, -0.2) is 13.6 Å². The SMILES string of the molecule is [C-]#[N+]c1ccc(-c2nn(CC(=O)N3CCC4(CCNC4)CC3)cc2-c2ccc(OC)c(F)c2)cc1F. The fourth-order valence-corrected chi connectivity index (χ4v) is 5.20. The molecule has 1 spiro atoms. The normalized spacial score (nSPS) is 16.8. The number of nitrogens with one attached hydrogen (secondary N) is 1. The van der Waals surface area contributed by atoms with Gasteiger partial charge in [-0.15, -0.1) is 0 Å². The van der Waals surface area contributed by atoms with E-state index in [0.717, 1.165) is 32.4 Å². The van der Waals surface area contributed by atoms with Gasteiger partial charge in [-0.3, -0.25) is 9.48 Å². The molecule has 3 aromatic rings. The van der Waals surface area contributed by atoms with Gasteiger partial charge in [-0.2, -0.15) is 5.10 Å². The molecule has 9 heteroatoms. The molecule has 0 radical (unpaired) electrons. The van der Waals surface area contributed by atoms with Crippen molar-refractivity contribution < 1.29 is 18.3 Å². The third-order valence-corrected chi connectivity index (χ3v) is 7.37. The average Bonchev–Trinajstić information content (AvgIpc) is 3.51. The number of nitrogens with zero attached hydrogens (tertiary/aromatic N) is 4. The van der Waals surface area contributed by atoms with Crippen LogP contribution in [0.4, 0.5) is 14.5 Å². The molecule has 1 aromatic heterocycles. The number of halogens is 2. The fraction of sp³-hybridized carbons (Fsp3) is 0.370. The van der Waals surface area contributed by atoms with E-state index in [1.807, 2.05) is 4.90 Å². The highest BCUT2D eigenvalue weighted by Gasteiger charge is 2.38. The number of carbonyl (C=O) groups is 1. The first kappa shape index (κ1) is 23.9. The number of rotatable bonds is 5. The maximum absolute atomic E-state index is 14.5. The first-order valence-corrected chi connectivity index (χ1v) is 12.0. The van der Waals surface area contributed by atoms with Crippen LogP contribution in [0.5, 0.6) is 5.75 Å². The molecule has 2 saturated heterocycles. The molecule has 1 N–H and O–H groups in total. The Labute approximate surface area is 208 Å². The largest absolute Gasteiger partial charge is 0.494 e. The van der Waals surface area contributed by atoms with Crippen molar-refractivity contribution in [2.45, 2.75) is 25.8 Å². The minimum Gasteiger partial charge on any atom is -0.494 e. The minimum atomic E-state index is -0.663. The third-order valence-electron chi connectivity index (χ3n) is 7.37. The van der Waals surface area contributed by atoms with Gasteiger partial charge in [0.25, 0.3) is 0 Å². The zero-order valence-corrected chi connectivity index (χ0v) is 20.1. The molecule has 0 atom stereocenters. The first-order chi connectivity index (χ1) is 17.4. The smallest absolute Gasteiger partial charge is 0.244 e. The van der Waals surface area contributed by atoms with E-state index in [-0.39, 0.29) is 23.9 Å². The molecule has 0 saturated carbocycles. The van der Waals surface area contributed by atoms with E-state index in [1.165, 1.54) is 36.1 Å². The van der Waals surface area contributed by atoms with Crippen molar-refractivity contribution in [3.8, 4) is 28.1 Å². The van der Waals surface area contributed by atoms with Crippen molar-refractivity contribution in [1.82, 2.24) is 20.0 Å². The zero-order valence-electron chi connectivity index (χ0n) is 20.1. The maximum Gasteiger partial charge on any atom is 0.244 e. The topological polar surface area (TPSA) is 63.8 Å². The Bertz CT molecular complexity index is 1330. The lowest BCUT2D eigenvalue weighted by Gasteiger charge is -2.38. The number of methoxy groups -OCH3 is 1. The third kappa shape index (κ3) is 4.56. The van der Waals surface area contributed by atoms with E-state index in [9.17, 15) is 13.6 Å². The van der Waals surface area contributed by atoms with Crippen LogP contribution in [0.15, 0.2) is 42.6 Å². The van der Waals surface area contributed by atoms with Crippen LogP contribution in [-0.2, 0) is 11.3 Å². The molecule has 2 fully saturated rings. The van der Waals surface area contributed by atoms with Crippen LogP contribution < -0.4 is 10.1 Å². The number of benzene rings is 2. The second kappa shape index (κ2) is 9.70. The van der Waals surface area contributed by atoms with Crippen molar-refractivity contribution in [3.63, 3.8) is 0 Å². The monoisotopic (exact) mass is 491 g/mol. The van der Waals surface area contributed by atoms with Crippen LogP contribution in [0.25, 0.3) is 27.2 Å². The maximum atomic E-state index is 14.5. The van der Waals surface area contributed by atoms with Gasteiger partial charge in [0.1, 0.15) is 18.1 Å². The predicted molar refractivity (Wildman–Crippen MR) is 132 cm³/mol. The lowest BCUT2D eigenvalue weighted by Crippen LogP contribution is -2.45. The number of aromatic nitrogens is 2. The van der Waals surface area contributed by atoms with Crippen LogP contribution in [-0.4, -0.2) is 53.9 Å². The summed E-state index contributed by atoms with van der Waals surface area (Å²) in [5, 5.41) is 8.03. The number of hydrogen-bond acceptors (Lipinski definition) is 4. The first-order valence-electron chi connectivity index (χ1n) is 12.0. The summed E-state index contributed by atoms with van der Waals surface area (Å²) in [6.07, 6.45) is 4.81. The number of amides is 1. The molecule has 0 bridgehead atoms. The zero-order chi connectivity index (χ0) is 25.3. The van der Waals surface area contributed by atoms with E-state index in [1.54, 1.807) is 18.3 Å². The molecular weight excluding hydrogens is 464 g/mol. The van der Waals surface area contributed by atoms with E-state index < -0.39 is 11.6 Å². The lowest BCUT2D eigenvalue weighted by molar-refractivity contribution is -0.134. The summed E-state index contributed by atoms with van der Waals surface area (Å²) in [5.74, 6) is -1.13. The summed E-state index contributed by atoms with van der Waals surface area (Å²) in [7, 11) is 1.39. The second-order valence-corrected chi connectivity index (χ2v) is 9.52. The minimum absolute atomic E-state index is 0.0273. The molecule has 2 aliphatic rings. The Morgan fingerprint density at radius 2 is 1.89 bits per heavy atom. The molecule has 5 rings (SSSR count). The van der Waals surface area contributed by atoms with Crippen LogP contribution in [0.2, 0.25) is 0 Å². The van der Waals surface area contributed by atoms with Crippen molar-refractivity contribution >= 4 is 11.6 Å². The molecule has 0 unspecified atom stereocenters. The molecule has 2 aromatic carbocycles. The quantitative estimate of drug-likeness (QED) is 0.528. The molecule has 7 nitrogen and oxygen atoms in total. The number of carbonyl (C=O) groups excluding carboxylic acids is 1. The number of hydrogen-bond donors (Lipinski definition) is 1. The molecule has 2 aliphatic heterocycles. The summed E-state index contributed by atoms with van der Waals surface area (Å²) >= 11 is 0. The van der Waals surface area contributed by atoms with Gasteiger partial charge >= 0.3 is 0 Å². The van der Waals surface area contributed by atoms with Gasteiger partial charge in [-0.1, -0.05) is 18.2 Å². The molecule has 36 heavy (non-hydrogen) atoms. The standard InChI is InChI=1S/C27H27F2N5O2/c1-30-23-5-3-19(14-21(23)28)26-20(18-4-6-24(36-2)22(29)13-18)15-34(32-26)16-25(35)33-11-8-27(9-12-33)7-10-31-17-27/h3-6,13-15,31H,7-12,16-17H2,2H3. The predicted octanol–water partition coefficient (Wildman–Crippen LogP) is 4.66. The van der Waals surface area contributed by atoms with Crippen LogP contribution in [0.1, 0.15) is 19.3 Å². The summed E-state index contributed by atoms with van der Waals surface area (Å²) in [5.41, 5.74) is 2.12. The van der Waals surface area contributed by atoms with Gasteiger partial charge in [0.15, 0.2) is 11.6 Å². The van der Waals surface area contributed by atoms with Gasteiger partial charge in [-0.05, 0) is 55.0 Å². The molecule has 186 valence electrons. The molecule has 0 aliphatic carbocycles. The van der Waals surface area contributed by atoms with E-state index in [4.69, 9.17) is 11.3 Å². The fourth-order valence-electron chi connectivity index (χ4n) is 5.20. The van der Waals surface area contributed by atoms with Gasteiger partial charge < -0.3 is 15.0 Å². The highest BCUT2D eigenvalue weighted by atomic mass is 19.1. The lowest BCUT2D eigenvalue weighted by atomic mass is 9.78. The molecule has 3 heterocycles. The summed E-state index contributed by atoms with van der Waals surface area (Å²) in [4.78, 5) is 18.2. The van der Waals surface area contributed by atoms with Crippen LogP contribution in [0, 0.1) is 23.6 Å². The molecule has 1 amide bonds. The van der Waals surface area contributed by atoms with Crippen molar-refractivity contribution in [3.05, 3.63) is 65.6 Å². The van der Waals surface area contributed by atoms with Crippen molar-refractivity contribution in [2.24, 2.45) is 5.41 Å². The summed E-state index contributed by atoms with van der Waals surface area (Å²) < 4.78 is 35.5.